The van der Waals surface area contributed by atoms with E-state index in [1.54, 1.807) is 24.0 Å². The van der Waals surface area contributed by atoms with E-state index in [0.29, 0.717) is 30.8 Å². The lowest BCUT2D eigenvalue weighted by molar-refractivity contribution is -0.384. The minimum Gasteiger partial charge on any atom is -0.472 e. The van der Waals surface area contributed by atoms with Gasteiger partial charge in [-0.1, -0.05) is 6.07 Å². The lowest BCUT2D eigenvalue weighted by atomic mass is 9.96. The molecule has 0 bridgehead atoms. The predicted molar refractivity (Wildman–Crippen MR) is 93.8 cm³/mol. The van der Waals surface area contributed by atoms with Gasteiger partial charge in [0.05, 0.1) is 28.4 Å². The largest absolute Gasteiger partial charge is 0.472 e. The average molecular weight is 357 g/mol. The number of likely N-dealkylation sites (tertiary alicyclic amines) is 1. The Morgan fingerprint density at radius 2 is 2.15 bits per heavy atom. The average Bonchev–Trinajstić information content (AvgIpc) is 3.17. The Hall–Kier alpha value is -3.16. The third-order valence-electron chi connectivity index (χ3n) is 4.54. The van der Waals surface area contributed by atoms with E-state index in [0.717, 1.165) is 12.0 Å². The summed E-state index contributed by atoms with van der Waals surface area (Å²) >= 11 is 0. The Labute approximate surface area is 149 Å². The highest BCUT2D eigenvalue weighted by atomic mass is 16.6. The Bertz CT molecular complexity index is 831. The minimum atomic E-state index is -0.499. The van der Waals surface area contributed by atoms with E-state index < -0.39 is 4.92 Å². The van der Waals surface area contributed by atoms with Crippen LogP contribution in [0, 0.1) is 23.0 Å². The van der Waals surface area contributed by atoms with E-state index in [1.807, 2.05) is 0 Å². The number of rotatable bonds is 4. The van der Waals surface area contributed by atoms with Crippen LogP contribution in [0.15, 0.2) is 41.2 Å². The Balaban J connectivity index is 1.69. The Morgan fingerprint density at radius 3 is 2.85 bits per heavy atom. The number of benzene rings is 1. The second kappa shape index (κ2) is 7.38. The zero-order valence-corrected chi connectivity index (χ0v) is 14.3. The van der Waals surface area contributed by atoms with Gasteiger partial charge in [0.15, 0.2) is 0 Å². The van der Waals surface area contributed by atoms with Crippen molar-refractivity contribution in [3.05, 3.63) is 58.0 Å². The topological polar surface area (TPSA) is 106 Å². The van der Waals surface area contributed by atoms with Crippen molar-refractivity contribution in [2.45, 2.75) is 19.8 Å². The van der Waals surface area contributed by atoms with Crippen molar-refractivity contribution in [3.63, 3.8) is 0 Å². The molecule has 8 nitrogen and oxygen atoms in total. The highest BCUT2D eigenvalue weighted by Crippen LogP contribution is 2.25. The van der Waals surface area contributed by atoms with Crippen molar-refractivity contribution in [1.82, 2.24) is 4.90 Å². The number of piperidine rings is 1. The van der Waals surface area contributed by atoms with Gasteiger partial charge in [-0.15, -0.1) is 0 Å². The molecule has 1 aromatic heterocycles. The minimum absolute atomic E-state index is 0.0775. The fourth-order valence-electron chi connectivity index (χ4n) is 3.04. The Kier molecular flexibility index (Phi) is 5.01. The molecular formula is C18H19N3O5. The molecule has 0 spiro atoms. The first-order valence-electron chi connectivity index (χ1n) is 8.33. The number of aryl methyl sites for hydroxylation is 1. The van der Waals surface area contributed by atoms with Crippen LogP contribution in [0.25, 0.3) is 0 Å². The smallest absolute Gasteiger partial charge is 0.271 e. The van der Waals surface area contributed by atoms with Crippen LogP contribution in [0.1, 0.15) is 28.8 Å². The summed E-state index contributed by atoms with van der Waals surface area (Å²) in [4.78, 5) is 37.1. The standard InChI is InChI=1S/C18H19N3O5/c1-12-4-5-15(21(24)25)9-16(12)19-17(22)13-3-2-7-20(10-13)18(23)14-6-8-26-11-14/h4-6,8-9,11,13H,2-3,7,10H2,1H3,(H,19,22)/t13-/m1/s1. The van der Waals surface area contributed by atoms with E-state index in [4.69, 9.17) is 4.42 Å². The maximum atomic E-state index is 12.6. The highest BCUT2D eigenvalue weighted by Gasteiger charge is 2.29. The zero-order chi connectivity index (χ0) is 18.7. The van der Waals surface area contributed by atoms with Gasteiger partial charge >= 0.3 is 0 Å². The molecule has 0 radical (unpaired) electrons. The number of carbonyl (C=O) groups excluding carboxylic acids is 2. The van der Waals surface area contributed by atoms with E-state index >= 15 is 0 Å². The van der Waals surface area contributed by atoms with Gasteiger partial charge in [0.25, 0.3) is 11.6 Å². The molecule has 136 valence electrons. The van der Waals surface area contributed by atoms with Crippen molar-refractivity contribution in [3.8, 4) is 0 Å². The maximum Gasteiger partial charge on any atom is 0.271 e. The van der Waals surface area contributed by atoms with Gasteiger partial charge in [-0.2, -0.15) is 0 Å². The summed E-state index contributed by atoms with van der Waals surface area (Å²) in [6.45, 7) is 2.67. The van der Waals surface area contributed by atoms with E-state index in [1.165, 1.54) is 24.7 Å². The quantitative estimate of drug-likeness (QED) is 0.669. The first kappa shape index (κ1) is 17.7. The van der Waals surface area contributed by atoms with Crippen molar-refractivity contribution < 1.29 is 18.9 Å². The van der Waals surface area contributed by atoms with Gasteiger partial charge in [-0.3, -0.25) is 19.7 Å². The fourth-order valence-corrected chi connectivity index (χ4v) is 3.04. The monoisotopic (exact) mass is 357 g/mol. The third kappa shape index (κ3) is 3.74. The number of anilines is 1. The summed E-state index contributed by atoms with van der Waals surface area (Å²) in [5.74, 6) is -0.765. The number of amides is 2. The molecule has 26 heavy (non-hydrogen) atoms. The van der Waals surface area contributed by atoms with Gasteiger partial charge in [0.2, 0.25) is 5.91 Å². The molecule has 0 unspecified atom stereocenters. The van der Waals surface area contributed by atoms with Crippen LogP contribution in [-0.4, -0.2) is 34.7 Å². The van der Waals surface area contributed by atoms with Gasteiger partial charge < -0.3 is 14.6 Å². The molecule has 1 saturated heterocycles. The van der Waals surface area contributed by atoms with Gasteiger partial charge in [0.1, 0.15) is 6.26 Å². The van der Waals surface area contributed by atoms with Gasteiger partial charge in [-0.05, 0) is 31.4 Å². The molecule has 1 atom stereocenters. The van der Waals surface area contributed by atoms with Gasteiger partial charge in [0, 0.05) is 25.2 Å². The van der Waals surface area contributed by atoms with Crippen LogP contribution in [0.4, 0.5) is 11.4 Å². The zero-order valence-electron chi connectivity index (χ0n) is 14.3. The summed E-state index contributed by atoms with van der Waals surface area (Å²) in [6.07, 6.45) is 4.20. The SMILES string of the molecule is Cc1ccc([N+](=O)[O-])cc1NC(=O)[C@@H]1CCCN(C(=O)c2ccoc2)C1. The van der Waals surface area contributed by atoms with Crippen LogP contribution in [0.3, 0.4) is 0 Å². The third-order valence-corrected chi connectivity index (χ3v) is 4.54. The van der Waals surface area contributed by atoms with Crippen LogP contribution in [0.2, 0.25) is 0 Å². The molecule has 1 aromatic carbocycles. The summed E-state index contributed by atoms with van der Waals surface area (Å²) in [6, 6.07) is 5.95. The summed E-state index contributed by atoms with van der Waals surface area (Å²) in [7, 11) is 0. The van der Waals surface area contributed by atoms with Crippen molar-refractivity contribution >= 4 is 23.2 Å². The van der Waals surface area contributed by atoms with E-state index in [2.05, 4.69) is 5.32 Å². The lowest BCUT2D eigenvalue weighted by Crippen LogP contribution is -2.43. The first-order valence-corrected chi connectivity index (χ1v) is 8.33. The van der Waals surface area contributed by atoms with Crippen LogP contribution in [0.5, 0.6) is 0 Å². The van der Waals surface area contributed by atoms with Crippen molar-refractivity contribution in [2.75, 3.05) is 18.4 Å². The molecule has 1 aliphatic heterocycles. The Morgan fingerprint density at radius 1 is 1.35 bits per heavy atom. The number of non-ortho nitro benzene ring substituents is 1. The number of hydrogen-bond donors (Lipinski definition) is 1. The molecule has 0 aliphatic carbocycles. The van der Waals surface area contributed by atoms with Crippen LogP contribution >= 0.6 is 0 Å². The molecule has 2 aromatic rings. The molecular weight excluding hydrogens is 338 g/mol. The van der Waals surface area contributed by atoms with E-state index in [-0.39, 0.29) is 23.4 Å². The normalized spacial score (nSPS) is 17.0. The highest BCUT2D eigenvalue weighted by molar-refractivity contribution is 5.96. The molecule has 1 N–H and O–H groups in total. The number of nitro benzene ring substituents is 1. The second-order valence-electron chi connectivity index (χ2n) is 6.35. The number of hydrogen-bond acceptors (Lipinski definition) is 5. The fraction of sp³-hybridized carbons (Fsp3) is 0.333. The summed E-state index contributed by atoms with van der Waals surface area (Å²) < 4.78 is 4.94. The molecule has 2 heterocycles. The van der Waals surface area contributed by atoms with Gasteiger partial charge in [-0.25, -0.2) is 0 Å². The molecule has 2 amide bonds. The summed E-state index contributed by atoms with van der Waals surface area (Å²) in [5.41, 5.74) is 1.54. The number of furan rings is 1. The maximum absolute atomic E-state index is 12.6. The lowest BCUT2D eigenvalue weighted by Gasteiger charge is -2.31. The molecule has 3 rings (SSSR count). The predicted octanol–water partition coefficient (Wildman–Crippen LogP) is 2.99. The molecule has 1 fully saturated rings. The van der Waals surface area contributed by atoms with E-state index in [9.17, 15) is 19.7 Å². The second-order valence-corrected chi connectivity index (χ2v) is 6.35. The van der Waals surface area contributed by atoms with Crippen molar-refractivity contribution in [1.29, 1.82) is 0 Å². The number of nitrogens with zero attached hydrogens (tertiary/aromatic N) is 2. The number of nitrogens with one attached hydrogen (secondary N) is 1. The number of carbonyl (C=O) groups is 2. The van der Waals surface area contributed by atoms with Crippen LogP contribution < -0.4 is 5.32 Å². The molecule has 1 aliphatic rings. The summed E-state index contributed by atoms with van der Waals surface area (Å²) in [5, 5.41) is 13.7. The van der Waals surface area contributed by atoms with Crippen LogP contribution in [-0.2, 0) is 4.79 Å². The van der Waals surface area contributed by atoms with Crippen molar-refractivity contribution in [2.24, 2.45) is 5.92 Å². The number of nitro groups is 1. The first-order chi connectivity index (χ1) is 12.5. The molecule has 8 heteroatoms. The molecule has 0 saturated carbocycles.